The van der Waals surface area contributed by atoms with Crippen molar-refractivity contribution >= 4 is 33.2 Å². The number of rotatable bonds is 8. The zero-order valence-corrected chi connectivity index (χ0v) is 16.3. The summed E-state index contributed by atoms with van der Waals surface area (Å²) < 4.78 is 27.1. The van der Waals surface area contributed by atoms with Gasteiger partial charge in [0, 0.05) is 6.54 Å². The summed E-state index contributed by atoms with van der Waals surface area (Å²) in [5, 5.41) is 2.98. The summed E-state index contributed by atoms with van der Waals surface area (Å²) >= 11 is 6.16. The number of halogens is 1. The highest BCUT2D eigenvalue weighted by molar-refractivity contribution is 7.92. The largest absolute Gasteiger partial charge is 0.352 e. The van der Waals surface area contributed by atoms with Crippen LogP contribution in [0.4, 0.5) is 5.69 Å². The van der Waals surface area contributed by atoms with E-state index in [9.17, 15) is 13.2 Å². The quantitative estimate of drug-likeness (QED) is 0.673. The summed E-state index contributed by atoms with van der Waals surface area (Å²) in [6.07, 6.45) is 0.825. The number of amides is 1. The molecule has 0 saturated carbocycles. The smallest absolute Gasteiger partial charge is 0.261 e. The van der Waals surface area contributed by atoms with Crippen molar-refractivity contribution in [1.29, 1.82) is 0 Å². The van der Waals surface area contributed by atoms with E-state index in [-0.39, 0.29) is 15.8 Å². The third-order valence-electron chi connectivity index (χ3n) is 3.59. The summed E-state index contributed by atoms with van der Waals surface area (Å²) in [6.45, 7) is 1.41. The first kappa shape index (κ1) is 20.2. The third kappa shape index (κ3) is 5.72. The zero-order valence-electron chi connectivity index (χ0n) is 14.7. The molecule has 140 valence electrons. The minimum absolute atomic E-state index is 0.152. The van der Waals surface area contributed by atoms with Crippen LogP contribution >= 0.6 is 11.6 Å². The second-order valence-electron chi connectivity index (χ2n) is 6.03. The van der Waals surface area contributed by atoms with Crippen LogP contribution in [0.25, 0.3) is 0 Å². The molecule has 0 aliphatic carbocycles. The molecule has 2 rings (SSSR count). The summed E-state index contributed by atoms with van der Waals surface area (Å²) in [6, 6.07) is 12.5. The Morgan fingerprint density at radius 3 is 2.42 bits per heavy atom. The first-order valence-corrected chi connectivity index (χ1v) is 9.96. The van der Waals surface area contributed by atoms with Crippen molar-refractivity contribution in [2.75, 3.05) is 31.9 Å². The number of carbonyl (C=O) groups excluding carboxylic acids is 1. The normalized spacial score (nSPS) is 11.4. The van der Waals surface area contributed by atoms with E-state index in [1.54, 1.807) is 18.2 Å². The van der Waals surface area contributed by atoms with Gasteiger partial charge in [0.1, 0.15) is 0 Å². The van der Waals surface area contributed by atoms with E-state index in [0.29, 0.717) is 17.8 Å². The van der Waals surface area contributed by atoms with E-state index in [1.807, 2.05) is 19.0 Å². The maximum absolute atomic E-state index is 12.3. The Morgan fingerprint density at radius 2 is 1.81 bits per heavy atom. The molecule has 1 amide bonds. The Bertz CT molecular complexity index is 855. The SMILES string of the molecule is CN(C)CCCNC(=O)c1ccc(NS(=O)(=O)c2ccccc2)cc1Cl. The Morgan fingerprint density at radius 1 is 1.12 bits per heavy atom. The maximum atomic E-state index is 12.3. The van der Waals surface area contributed by atoms with Gasteiger partial charge in [0.2, 0.25) is 0 Å². The van der Waals surface area contributed by atoms with Crippen LogP contribution in [0.2, 0.25) is 5.02 Å². The van der Waals surface area contributed by atoms with Gasteiger partial charge < -0.3 is 10.2 Å². The van der Waals surface area contributed by atoms with Crippen LogP contribution in [-0.4, -0.2) is 46.4 Å². The van der Waals surface area contributed by atoms with Gasteiger partial charge in [-0.3, -0.25) is 9.52 Å². The molecule has 0 radical (unpaired) electrons. The number of hydrogen-bond donors (Lipinski definition) is 2. The number of benzene rings is 2. The number of anilines is 1. The molecular weight excluding hydrogens is 374 g/mol. The van der Waals surface area contributed by atoms with Crippen molar-refractivity contribution < 1.29 is 13.2 Å². The number of sulfonamides is 1. The lowest BCUT2D eigenvalue weighted by Gasteiger charge is -2.12. The number of carbonyl (C=O) groups is 1. The fraction of sp³-hybridized carbons (Fsp3) is 0.278. The van der Waals surface area contributed by atoms with Crippen LogP contribution in [0, 0.1) is 0 Å². The van der Waals surface area contributed by atoms with Crippen molar-refractivity contribution in [3.8, 4) is 0 Å². The summed E-state index contributed by atoms with van der Waals surface area (Å²) in [4.78, 5) is 14.4. The average Bonchev–Trinajstić information content (AvgIpc) is 2.59. The molecule has 0 spiro atoms. The zero-order chi connectivity index (χ0) is 19.2. The average molecular weight is 396 g/mol. The summed E-state index contributed by atoms with van der Waals surface area (Å²) in [5.74, 6) is -0.286. The van der Waals surface area contributed by atoms with Gasteiger partial charge in [-0.1, -0.05) is 29.8 Å². The standard InChI is InChI=1S/C18H22ClN3O3S/c1-22(2)12-6-11-20-18(23)16-10-9-14(13-17(16)19)21-26(24,25)15-7-4-3-5-8-15/h3-5,7-10,13,21H,6,11-12H2,1-2H3,(H,20,23). The van der Waals surface area contributed by atoms with E-state index in [4.69, 9.17) is 11.6 Å². The lowest BCUT2D eigenvalue weighted by atomic mass is 10.2. The predicted molar refractivity (Wildman–Crippen MR) is 104 cm³/mol. The Balaban J connectivity index is 2.04. The topological polar surface area (TPSA) is 78.5 Å². The van der Waals surface area contributed by atoms with E-state index in [0.717, 1.165) is 13.0 Å². The van der Waals surface area contributed by atoms with Crippen LogP contribution < -0.4 is 10.0 Å². The molecule has 0 aliphatic rings. The van der Waals surface area contributed by atoms with E-state index in [1.165, 1.54) is 30.3 Å². The van der Waals surface area contributed by atoms with Gasteiger partial charge in [-0.25, -0.2) is 8.42 Å². The van der Waals surface area contributed by atoms with Gasteiger partial charge in [-0.05, 0) is 57.4 Å². The monoisotopic (exact) mass is 395 g/mol. The van der Waals surface area contributed by atoms with Gasteiger partial charge in [0.15, 0.2) is 0 Å². The molecule has 0 aromatic heterocycles. The first-order valence-electron chi connectivity index (χ1n) is 8.10. The van der Waals surface area contributed by atoms with E-state index < -0.39 is 10.0 Å². The van der Waals surface area contributed by atoms with Crippen LogP contribution in [0.15, 0.2) is 53.4 Å². The maximum Gasteiger partial charge on any atom is 0.261 e. The van der Waals surface area contributed by atoms with Crippen LogP contribution in [0.5, 0.6) is 0 Å². The lowest BCUT2D eigenvalue weighted by Crippen LogP contribution is -2.27. The molecule has 2 N–H and O–H groups in total. The fourth-order valence-corrected chi connectivity index (χ4v) is 3.61. The second-order valence-corrected chi connectivity index (χ2v) is 8.12. The number of nitrogens with one attached hydrogen (secondary N) is 2. The van der Waals surface area contributed by atoms with Crippen molar-refractivity contribution in [2.45, 2.75) is 11.3 Å². The van der Waals surface area contributed by atoms with Gasteiger partial charge in [-0.15, -0.1) is 0 Å². The van der Waals surface area contributed by atoms with Crippen molar-refractivity contribution in [3.63, 3.8) is 0 Å². The number of nitrogens with zero attached hydrogens (tertiary/aromatic N) is 1. The predicted octanol–water partition coefficient (Wildman–Crippen LogP) is 2.82. The molecule has 8 heteroatoms. The molecule has 6 nitrogen and oxygen atoms in total. The van der Waals surface area contributed by atoms with E-state index >= 15 is 0 Å². The van der Waals surface area contributed by atoms with Gasteiger partial charge >= 0.3 is 0 Å². The molecule has 0 unspecified atom stereocenters. The minimum Gasteiger partial charge on any atom is -0.352 e. The lowest BCUT2D eigenvalue weighted by molar-refractivity contribution is 0.0952. The van der Waals surface area contributed by atoms with Crippen LogP contribution in [0.3, 0.4) is 0 Å². The number of hydrogen-bond acceptors (Lipinski definition) is 4. The molecule has 0 fully saturated rings. The van der Waals surface area contributed by atoms with Crippen molar-refractivity contribution in [2.24, 2.45) is 0 Å². The molecule has 2 aromatic rings. The highest BCUT2D eigenvalue weighted by atomic mass is 35.5. The molecule has 0 bridgehead atoms. The molecule has 0 heterocycles. The van der Waals surface area contributed by atoms with Gasteiger partial charge in [0.25, 0.3) is 15.9 Å². The Kier molecular flexibility index (Phi) is 7.02. The molecule has 0 saturated heterocycles. The Labute approximate surface area is 159 Å². The highest BCUT2D eigenvalue weighted by Crippen LogP contribution is 2.23. The fourth-order valence-electron chi connectivity index (χ4n) is 2.27. The van der Waals surface area contributed by atoms with Gasteiger partial charge in [-0.2, -0.15) is 0 Å². The van der Waals surface area contributed by atoms with Crippen LogP contribution in [0.1, 0.15) is 16.8 Å². The summed E-state index contributed by atoms with van der Waals surface area (Å²) in [7, 11) is 0.230. The summed E-state index contributed by atoms with van der Waals surface area (Å²) in [5.41, 5.74) is 0.599. The first-order chi connectivity index (χ1) is 12.3. The van der Waals surface area contributed by atoms with Gasteiger partial charge in [0.05, 0.1) is 21.2 Å². The van der Waals surface area contributed by atoms with Crippen LogP contribution in [-0.2, 0) is 10.0 Å². The Hall–Kier alpha value is -2.09. The second kappa shape index (κ2) is 9.02. The molecule has 0 aliphatic heterocycles. The van der Waals surface area contributed by atoms with Crippen molar-refractivity contribution in [3.05, 3.63) is 59.1 Å². The highest BCUT2D eigenvalue weighted by Gasteiger charge is 2.16. The molecular formula is C18H22ClN3O3S. The third-order valence-corrected chi connectivity index (χ3v) is 5.30. The molecule has 2 aromatic carbocycles. The van der Waals surface area contributed by atoms with Crippen molar-refractivity contribution in [1.82, 2.24) is 10.2 Å². The molecule has 0 atom stereocenters. The van der Waals surface area contributed by atoms with E-state index in [2.05, 4.69) is 10.0 Å². The molecule has 26 heavy (non-hydrogen) atoms. The minimum atomic E-state index is -3.70.